The van der Waals surface area contributed by atoms with Gasteiger partial charge in [-0.05, 0) is 12.1 Å². The number of nitrogens with zero attached hydrogens (tertiary/aromatic N) is 2. The highest BCUT2D eigenvalue weighted by Crippen LogP contribution is 2.22. The second-order valence-corrected chi connectivity index (χ2v) is 4.96. The fourth-order valence-electron chi connectivity index (χ4n) is 1.29. The Bertz CT molecular complexity index is 547. The number of furan rings is 1. The van der Waals surface area contributed by atoms with Crippen molar-refractivity contribution in [1.82, 2.24) is 15.2 Å². The maximum Gasteiger partial charge on any atom is 0.371 e. The van der Waals surface area contributed by atoms with Gasteiger partial charge < -0.3 is 9.52 Å². The van der Waals surface area contributed by atoms with E-state index < -0.39 is 5.97 Å². The van der Waals surface area contributed by atoms with Crippen LogP contribution in [0.4, 0.5) is 0 Å². The fraction of sp³-hybridized carbons (Fsp3) is 0.364. The normalized spacial score (nSPS) is 11.1. The van der Waals surface area contributed by atoms with Crippen LogP contribution in [0.15, 0.2) is 21.7 Å². The molecule has 18 heavy (non-hydrogen) atoms. The smallest absolute Gasteiger partial charge is 0.371 e. The lowest BCUT2D eigenvalue weighted by Crippen LogP contribution is -1.91. The number of carbonyl (C=O) groups is 1. The molecule has 0 aromatic carbocycles. The molecular formula is C11H13N3O3S. The molecule has 0 saturated carbocycles. The molecule has 0 aliphatic heterocycles. The summed E-state index contributed by atoms with van der Waals surface area (Å²) >= 11 is 1.40. The number of thioether (sulfide) groups is 1. The van der Waals surface area contributed by atoms with Crippen molar-refractivity contribution in [3.05, 3.63) is 29.5 Å². The lowest BCUT2D eigenvalue weighted by Gasteiger charge is -1.95. The second kappa shape index (κ2) is 5.26. The Morgan fingerprint density at radius 2 is 2.33 bits per heavy atom. The molecule has 2 aromatic rings. The van der Waals surface area contributed by atoms with Crippen LogP contribution < -0.4 is 0 Å². The van der Waals surface area contributed by atoms with Crippen molar-refractivity contribution < 1.29 is 14.3 Å². The summed E-state index contributed by atoms with van der Waals surface area (Å²) in [5.41, 5.74) is 0. The molecule has 0 amide bonds. The van der Waals surface area contributed by atoms with Crippen molar-refractivity contribution in [2.24, 2.45) is 0 Å². The highest BCUT2D eigenvalue weighted by atomic mass is 32.2. The minimum atomic E-state index is -1.06. The Labute approximate surface area is 108 Å². The average Bonchev–Trinajstić information content (AvgIpc) is 2.95. The summed E-state index contributed by atoms with van der Waals surface area (Å²) in [7, 11) is 0. The highest BCUT2D eigenvalue weighted by Gasteiger charge is 2.11. The Kier molecular flexibility index (Phi) is 3.71. The SMILES string of the molecule is CC(C)c1nc(SCc2ccc(C(=O)O)o2)n[nH]1. The van der Waals surface area contributed by atoms with Crippen LogP contribution in [-0.4, -0.2) is 26.3 Å². The van der Waals surface area contributed by atoms with Crippen molar-refractivity contribution in [3.8, 4) is 0 Å². The standard InChI is InChI=1S/C11H13N3O3S/c1-6(2)9-12-11(14-13-9)18-5-7-3-4-8(17-7)10(15)16/h3-4,6H,5H2,1-2H3,(H,15,16)(H,12,13,14). The summed E-state index contributed by atoms with van der Waals surface area (Å²) in [6.45, 7) is 4.06. The van der Waals surface area contributed by atoms with Gasteiger partial charge in [0.05, 0.1) is 5.75 Å². The highest BCUT2D eigenvalue weighted by molar-refractivity contribution is 7.98. The zero-order valence-corrected chi connectivity index (χ0v) is 10.8. The van der Waals surface area contributed by atoms with Crippen LogP contribution in [0.1, 0.15) is 41.9 Å². The molecule has 2 N–H and O–H groups in total. The van der Waals surface area contributed by atoms with Crippen molar-refractivity contribution in [2.75, 3.05) is 0 Å². The fourth-order valence-corrected chi connectivity index (χ4v) is 1.99. The van der Waals surface area contributed by atoms with Crippen LogP contribution in [0.5, 0.6) is 0 Å². The summed E-state index contributed by atoms with van der Waals surface area (Å²) in [6.07, 6.45) is 0. The molecule has 0 fully saturated rings. The van der Waals surface area contributed by atoms with Gasteiger partial charge in [0.1, 0.15) is 11.6 Å². The van der Waals surface area contributed by atoms with Crippen LogP contribution in [-0.2, 0) is 5.75 Å². The first kappa shape index (κ1) is 12.7. The molecular weight excluding hydrogens is 254 g/mol. The van der Waals surface area contributed by atoms with E-state index in [1.165, 1.54) is 17.8 Å². The summed E-state index contributed by atoms with van der Waals surface area (Å²) < 4.78 is 5.13. The molecule has 0 saturated heterocycles. The minimum Gasteiger partial charge on any atom is -0.475 e. The van der Waals surface area contributed by atoms with Gasteiger partial charge in [-0.15, -0.1) is 5.10 Å². The van der Waals surface area contributed by atoms with Gasteiger partial charge in [0.15, 0.2) is 0 Å². The van der Waals surface area contributed by atoms with Crippen LogP contribution in [0.3, 0.4) is 0 Å². The van der Waals surface area contributed by atoms with Crippen LogP contribution >= 0.6 is 11.8 Å². The number of rotatable bonds is 5. The lowest BCUT2D eigenvalue weighted by molar-refractivity contribution is 0.0661. The zero-order valence-electron chi connectivity index (χ0n) is 10.0. The number of nitrogens with one attached hydrogen (secondary N) is 1. The van der Waals surface area contributed by atoms with Crippen molar-refractivity contribution >= 4 is 17.7 Å². The van der Waals surface area contributed by atoms with E-state index in [9.17, 15) is 4.79 Å². The number of H-pyrrole nitrogens is 1. The Balaban J connectivity index is 1.95. The molecule has 0 aliphatic carbocycles. The predicted octanol–water partition coefficient (Wildman–Crippen LogP) is 2.51. The molecule has 2 aromatic heterocycles. The summed E-state index contributed by atoms with van der Waals surface area (Å²) in [5.74, 6) is 1.11. The van der Waals surface area contributed by atoms with Gasteiger partial charge in [-0.3, -0.25) is 5.10 Å². The van der Waals surface area contributed by atoms with E-state index >= 15 is 0 Å². The third-order valence-electron chi connectivity index (χ3n) is 2.25. The molecule has 0 spiro atoms. The molecule has 2 heterocycles. The van der Waals surface area contributed by atoms with Gasteiger partial charge in [-0.1, -0.05) is 25.6 Å². The summed E-state index contributed by atoms with van der Waals surface area (Å²) in [4.78, 5) is 14.9. The van der Waals surface area contributed by atoms with E-state index in [0.29, 0.717) is 22.6 Å². The maximum atomic E-state index is 10.6. The summed E-state index contributed by atoms with van der Waals surface area (Å²) in [6, 6.07) is 3.09. The Morgan fingerprint density at radius 1 is 1.56 bits per heavy atom. The van der Waals surface area contributed by atoms with Gasteiger partial charge in [0.25, 0.3) is 0 Å². The third-order valence-corrected chi connectivity index (χ3v) is 3.11. The van der Waals surface area contributed by atoms with Crippen molar-refractivity contribution in [1.29, 1.82) is 0 Å². The molecule has 0 unspecified atom stereocenters. The average molecular weight is 267 g/mol. The lowest BCUT2D eigenvalue weighted by atomic mass is 10.2. The number of aromatic carboxylic acids is 1. The Hall–Kier alpha value is -1.76. The molecule has 2 rings (SSSR count). The minimum absolute atomic E-state index is 0.0524. The largest absolute Gasteiger partial charge is 0.475 e. The van der Waals surface area contributed by atoms with Gasteiger partial charge in [0.2, 0.25) is 10.9 Å². The van der Waals surface area contributed by atoms with E-state index in [1.807, 2.05) is 13.8 Å². The van der Waals surface area contributed by atoms with E-state index in [0.717, 1.165) is 5.82 Å². The molecule has 7 heteroatoms. The Morgan fingerprint density at radius 3 is 2.89 bits per heavy atom. The van der Waals surface area contributed by atoms with E-state index in [2.05, 4.69) is 15.2 Å². The first-order chi connectivity index (χ1) is 8.56. The number of hydrogen-bond acceptors (Lipinski definition) is 5. The second-order valence-electron chi connectivity index (χ2n) is 4.02. The summed E-state index contributed by atoms with van der Waals surface area (Å²) in [5, 5.41) is 16.3. The van der Waals surface area contributed by atoms with Crippen molar-refractivity contribution in [2.45, 2.75) is 30.7 Å². The van der Waals surface area contributed by atoms with Gasteiger partial charge in [-0.2, -0.15) is 0 Å². The topological polar surface area (TPSA) is 92.0 Å². The van der Waals surface area contributed by atoms with Crippen LogP contribution in [0, 0.1) is 0 Å². The van der Waals surface area contributed by atoms with Gasteiger partial charge >= 0.3 is 5.97 Å². The number of aromatic nitrogens is 3. The molecule has 0 atom stereocenters. The molecule has 0 bridgehead atoms. The van der Waals surface area contributed by atoms with Crippen LogP contribution in [0.2, 0.25) is 0 Å². The predicted molar refractivity (Wildman–Crippen MR) is 65.7 cm³/mol. The monoisotopic (exact) mass is 267 g/mol. The van der Waals surface area contributed by atoms with Gasteiger partial charge in [-0.25, -0.2) is 9.78 Å². The quantitative estimate of drug-likeness (QED) is 0.809. The third kappa shape index (κ3) is 2.92. The molecule has 96 valence electrons. The molecule has 6 nitrogen and oxygen atoms in total. The van der Waals surface area contributed by atoms with E-state index in [-0.39, 0.29) is 5.76 Å². The molecule has 0 aliphatic rings. The van der Waals surface area contributed by atoms with Crippen molar-refractivity contribution in [3.63, 3.8) is 0 Å². The van der Waals surface area contributed by atoms with Crippen LogP contribution in [0.25, 0.3) is 0 Å². The van der Waals surface area contributed by atoms with Gasteiger partial charge in [0, 0.05) is 5.92 Å². The number of aromatic amines is 1. The number of carboxylic acids is 1. The zero-order chi connectivity index (χ0) is 13.1. The molecule has 0 radical (unpaired) electrons. The number of carboxylic acid groups (broad SMARTS) is 1. The first-order valence-corrected chi connectivity index (χ1v) is 6.42. The van der Waals surface area contributed by atoms with E-state index in [4.69, 9.17) is 9.52 Å². The first-order valence-electron chi connectivity index (χ1n) is 5.43. The number of hydrogen-bond donors (Lipinski definition) is 2. The maximum absolute atomic E-state index is 10.6. The van der Waals surface area contributed by atoms with E-state index in [1.54, 1.807) is 6.07 Å².